The first-order valence-corrected chi connectivity index (χ1v) is 11.3. The summed E-state index contributed by atoms with van der Waals surface area (Å²) in [5, 5.41) is 0. The average molecular weight is 431 g/mol. The monoisotopic (exact) mass is 430 g/mol. The minimum atomic E-state index is -0.503. The lowest BCUT2D eigenvalue weighted by atomic mass is 9.71. The lowest BCUT2D eigenvalue weighted by Crippen LogP contribution is -2.28. The van der Waals surface area contributed by atoms with Crippen LogP contribution in [0.1, 0.15) is 64.7 Å². The highest BCUT2D eigenvalue weighted by Gasteiger charge is 2.32. The maximum Gasteiger partial charge on any atom is 0.316 e. The van der Waals surface area contributed by atoms with Crippen LogP contribution in [-0.4, -0.2) is 12.1 Å². The van der Waals surface area contributed by atoms with Crippen molar-refractivity contribution in [1.82, 2.24) is 0 Å². The number of esters is 1. The van der Waals surface area contributed by atoms with Gasteiger partial charge < -0.3 is 9.47 Å². The van der Waals surface area contributed by atoms with E-state index in [2.05, 4.69) is 43.3 Å². The van der Waals surface area contributed by atoms with Gasteiger partial charge in [-0.15, -0.1) is 0 Å². The van der Waals surface area contributed by atoms with Gasteiger partial charge in [-0.25, -0.2) is 0 Å². The Kier molecular flexibility index (Phi) is 7.08. The maximum absolute atomic E-state index is 12.5. The van der Waals surface area contributed by atoms with Crippen LogP contribution in [0.5, 0.6) is 11.5 Å². The van der Waals surface area contributed by atoms with E-state index in [4.69, 9.17) is 9.47 Å². The largest absolute Gasteiger partial charge is 0.491 e. The number of carbonyl (C=O) groups is 1. The zero-order valence-corrected chi connectivity index (χ0v) is 20.0. The molecule has 0 bridgehead atoms. The van der Waals surface area contributed by atoms with E-state index in [1.807, 2.05) is 77.1 Å². The summed E-state index contributed by atoms with van der Waals surface area (Å²) in [7, 11) is 0. The van der Waals surface area contributed by atoms with Gasteiger partial charge in [0.1, 0.15) is 11.5 Å². The van der Waals surface area contributed by atoms with Gasteiger partial charge in [0.15, 0.2) is 0 Å². The number of carbonyl (C=O) groups excluding carboxylic acids is 1. The summed E-state index contributed by atoms with van der Waals surface area (Å²) < 4.78 is 11.5. The van der Waals surface area contributed by atoms with Gasteiger partial charge in [0.25, 0.3) is 0 Å². The van der Waals surface area contributed by atoms with Crippen molar-refractivity contribution < 1.29 is 14.3 Å². The summed E-state index contributed by atoms with van der Waals surface area (Å²) in [5.74, 6) is 1.22. The van der Waals surface area contributed by atoms with E-state index in [1.54, 1.807) is 0 Å². The molecule has 0 saturated heterocycles. The van der Waals surface area contributed by atoms with E-state index < -0.39 is 5.41 Å². The summed E-state index contributed by atoms with van der Waals surface area (Å²) in [5.41, 5.74) is 2.60. The van der Waals surface area contributed by atoms with E-state index in [1.165, 1.54) is 5.56 Å². The molecule has 3 rings (SSSR count). The highest BCUT2D eigenvalue weighted by molar-refractivity contribution is 5.78. The van der Waals surface area contributed by atoms with Gasteiger partial charge in [-0.3, -0.25) is 4.79 Å². The molecule has 3 aromatic rings. The fourth-order valence-electron chi connectivity index (χ4n) is 3.66. The molecule has 0 radical (unpaired) electrons. The van der Waals surface area contributed by atoms with Crippen molar-refractivity contribution in [3.63, 3.8) is 0 Å². The lowest BCUT2D eigenvalue weighted by molar-refractivity contribution is -0.144. The second-order valence-corrected chi connectivity index (χ2v) is 9.33. The Labute approximate surface area is 192 Å². The summed E-state index contributed by atoms with van der Waals surface area (Å²) in [6.45, 7) is 12.1. The first-order valence-electron chi connectivity index (χ1n) is 11.3. The molecule has 0 spiro atoms. The van der Waals surface area contributed by atoms with Crippen molar-refractivity contribution in [1.29, 1.82) is 0 Å². The average Bonchev–Trinajstić information content (AvgIpc) is 2.79. The van der Waals surface area contributed by atoms with Crippen LogP contribution >= 0.6 is 0 Å². The van der Waals surface area contributed by atoms with Crippen molar-refractivity contribution in [2.45, 2.75) is 59.5 Å². The predicted octanol–water partition coefficient (Wildman–Crippen LogP) is 7.17. The summed E-state index contributed by atoms with van der Waals surface area (Å²) in [6, 6.07) is 26.6. The van der Waals surface area contributed by atoms with Crippen LogP contribution in [0.4, 0.5) is 0 Å². The second kappa shape index (κ2) is 9.60. The maximum atomic E-state index is 12.5. The van der Waals surface area contributed by atoms with E-state index in [9.17, 15) is 4.79 Å². The molecule has 0 heterocycles. The van der Waals surface area contributed by atoms with Crippen LogP contribution in [0.15, 0.2) is 78.9 Å². The summed E-state index contributed by atoms with van der Waals surface area (Å²) in [6.07, 6.45) is 0.862. The van der Waals surface area contributed by atoms with Crippen LogP contribution < -0.4 is 9.47 Å². The Morgan fingerprint density at radius 3 is 1.69 bits per heavy atom. The standard InChI is InChI=1S/C29H34O3/c1-7-28(4,5)27(30)32-26-19-15-24(16-20-26)29(6,22-11-9-8-10-12-22)23-13-17-25(18-14-23)31-21(2)3/h8-21H,7H2,1-6H3. The molecule has 168 valence electrons. The molecule has 1 atom stereocenters. The van der Waals surface area contributed by atoms with Gasteiger partial charge in [-0.2, -0.15) is 0 Å². The predicted molar refractivity (Wildman–Crippen MR) is 130 cm³/mol. The minimum Gasteiger partial charge on any atom is -0.491 e. The molecule has 0 aliphatic carbocycles. The SMILES string of the molecule is CCC(C)(C)C(=O)Oc1ccc(C(C)(c2ccccc2)c2ccc(OC(C)C)cc2)cc1. The molecule has 3 aromatic carbocycles. The number of ether oxygens (including phenoxy) is 2. The summed E-state index contributed by atoms with van der Waals surface area (Å²) >= 11 is 0. The first kappa shape index (κ1) is 23.6. The number of rotatable bonds is 8. The fourth-order valence-corrected chi connectivity index (χ4v) is 3.66. The third kappa shape index (κ3) is 5.04. The zero-order chi connectivity index (χ0) is 23.4. The van der Waals surface area contributed by atoms with Crippen molar-refractivity contribution in [2.75, 3.05) is 0 Å². The Bertz CT molecular complexity index is 1020. The minimum absolute atomic E-state index is 0.134. The molecule has 32 heavy (non-hydrogen) atoms. The Morgan fingerprint density at radius 1 is 0.750 bits per heavy atom. The highest BCUT2D eigenvalue weighted by atomic mass is 16.5. The smallest absolute Gasteiger partial charge is 0.316 e. The second-order valence-electron chi connectivity index (χ2n) is 9.33. The van der Waals surface area contributed by atoms with Gasteiger partial charge in [0, 0.05) is 5.41 Å². The quantitative estimate of drug-likeness (QED) is 0.216. The highest BCUT2D eigenvalue weighted by Crippen LogP contribution is 2.40. The van der Waals surface area contributed by atoms with Crippen LogP contribution in [0.2, 0.25) is 0 Å². The third-order valence-corrected chi connectivity index (χ3v) is 6.23. The Balaban J connectivity index is 1.97. The molecule has 0 aromatic heterocycles. The van der Waals surface area contributed by atoms with Gasteiger partial charge in [0.2, 0.25) is 0 Å². The normalized spacial score (nSPS) is 13.5. The fraction of sp³-hybridized carbons (Fsp3) is 0.345. The third-order valence-electron chi connectivity index (χ3n) is 6.23. The number of hydrogen-bond donors (Lipinski definition) is 0. The van der Waals surface area contributed by atoms with Gasteiger partial charge >= 0.3 is 5.97 Å². The molecular weight excluding hydrogens is 396 g/mol. The molecule has 0 saturated carbocycles. The van der Waals surface area contributed by atoms with E-state index in [0.29, 0.717) is 5.75 Å². The summed E-state index contributed by atoms with van der Waals surface area (Å²) in [4.78, 5) is 12.5. The molecule has 0 aliphatic rings. The zero-order valence-electron chi connectivity index (χ0n) is 20.0. The van der Waals surface area contributed by atoms with Crippen molar-refractivity contribution in [3.05, 3.63) is 95.6 Å². The van der Waals surface area contributed by atoms with Crippen LogP contribution in [0, 0.1) is 5.41 Å². The van der Waals surface area contributed by atoms with Crippen LogP contribution in [-0.2, 0) is 10.2 Å². The van der Waals surface area contributed by atoms with E-state index in [-0.39, 0.29) is 17.5 Å². The van der Waals surface area contributed by atoms with Crippen molar-refractivity contribution in [3.8, 4) is 11.5 Å². The molecule has 0 amide bonds. The van der Waals surface area contributed by atoms with E-state index in [0.717, 1.165) is 23.3 Å². The number of hydrogen-bond acceptors (Lipinski definition) is 3. The van der Waals surface area contributed by atoms with Crippen molar-refractivity contribution in [2.24, 2.45) is 5.41 Å². The topological polar surface area (TPSA) is 35.5 Å². The first-order chi connectivity index (χ1) is 15.2. The van der Waals surface area contributed by atoms with E-state index >= 15 is 0 Å². The van der Waals surface area contributed by atoms with Gasteiger partial charge in [-0.1, -0.05) is 61.5 Å². The Hall–Kier alpha value is -3.07. The van der Waals surface area contributed by atoms with Crippen molar-refractivity contribution >= 4 is 5.97 Å². The van der Waals surface area contributed by atoms with Gasteiger partial charge in [0.05, 0.1) is 11.5 Å². The molecule has 3 heteroatoms. The molecule has 0 N–H and O–H groups in total. The van der Waals surface area contributed by atoms with Gasteiger partial charge in [-0.05, 0) is 82.0 Å². The molecular formula is C29H34O3. The lowest BCUT2D eigenvalue weighted by Gasteiger charge is -2.32. The Morgan fingerprint density at radius 2 is 1.22 bits per heavy atom. The molecule has 0 fully saturated rings. The molecule has 3 nitrogen and oxygen atoms in total. The molecule has 0 aliphatic heterocycles. The molecule has 1 unspecified atom stereocenters. The number of benzene rings is 3. The van der Waals surface area contributed by atoms with Crippen LogP contribution in [0.3, 0.4) is 0 Å². The van der Waals surface area contributed by atoms with Crippen LogP contribution in [0.25, 0.3) is 0 Å².